The van der Waals surface area contributed by atoms with Crippen molar-refractivity contribution in [2.45, 2.75) is 12.3 Å². The van der Waals surface area contributed by atoms with Crippen molar-refractivity contribution in [3.05, 3.63) is 22.2 Å². The molecule has 86 valence electrons. The molecule has 0 saturated heterocycles. The Kier molecular flexibility index (Phi) is 2.80. The van der Waals surface area contributed by atoms with Gasteiger partial charge in [0.1, 0.15) is 0 Å². The van der Waals surface area contributed by atoms with Crippen LogP contribution >= 0.6 is 15.9 Å². The largest absolute Gasteiger partial charge is 0.503 e. The van der Waals surface area contributed by atoms with E-state index in [0.29, 0.717) is 16.6 Å². The van der Waals surface area contributed by atoms with Gasteiger partial charge in [-0.2, -0.15) is 0 Å². The van der Waals surface area contributed by atoms with Gasteiger partial charge in [-0.05, 0) is 46.0 Å². The first-order valence-electron chi connectivity index (χ1n) is 4.83. The maximum Gasteiger partial charge on any atom is 0.307 e. The van der Waals surface area contributed by atoms with Crippen molar-refractivity contribution in [3.63, 3.8) is 0 Å². The van der Waals surface area contributed by atoms with E-state index in [0.717, 1.165) is 5.56 Å². The Morgan fingerprint density at radius 1 is 1.56 bits per heavy atom. The number of benzene rings is 1. The van der Waals surface area contributed by atoms with Crippen LogP contribution in [0.15, 0.2) is 16.6 Å². The minimum absolute atomic E-state index is 0.0308. The molecule has 1 aromatic rings. The number of halogens is 1. The van der Waals surface area contributed by atoms with E-state index in [4.69, 9.17) is 9.84 Å². The smallest absolute Gasteiger partial charge is 0.307 e. The summed E-state index contributed by atoms with van der Waals surface area (Å²) in [6.45, 7) is 0. The maximum atomic E-state index is 10.8. The van der Waals surface area contributed by atoms with Gasteiger partial charge >= 0.3 is 5.97 Å². The quantitative estimate of drug-likeness (QED) is 0.895. The average Bonchev–Trinajstić information content (AvgIpc) is 3.01. The number of aliphatic carboxylic acids is 1. The Morgan fingerprint density at radius 2 is 2.25 bits per heavy atom. The van der Waals surface area contributed by atoms with Gasteiger partial charge in [0, 0.05) is 0 Å². The number of carbonyl (C=O) groups is 1. The third-order valence-electron chi connectivity index (χ3n) is 2.81. The van der Waals surface area contributed by atoms with E-state index < -0.39 is 5.97 Å². The van der Waals surface area contributed by atoms with Crippen molar-refractivity contribution in [1.29, 1.82) is 0 Å². The molecule has 1 aliphatic carbocycles. The molecule has 1 saturated carbocycles. The topological polar surface area (TPSA) is 66.8 Å². The molecule has 2 unspecified atom stereocenters. The highest BCUT2D eigenvalue weighted by Crippen LogP contribution is 2.50. The SMILES string of the molecule is COc1cc(C2CC2C(=O)O)cc(Br)c1O. The zero-order chi connectivity index (χ0) is 11.9. The van der Waals surface area contributed by atoms with E-state index in [2.05, 4.69) is 15.9 Å². The van der Waals surface area contributed by atoms with Crippen molar-refractivity contribution in [3.8, 4) is 11.5 Å². The van der Waals surface area contributed by atoms with Crippen LogP contribution in [-0.2, 0) is 4.79 Å². The molecule has 1 aromatic carbocycles. The van der Waals surface area contributed by atoms with Gasteiger partial charge in [0.2, 0.25) is 0 Å². The maximum absolute atomic E-state index is 10.8. The molecule has 5 heteroatoms. The molecule has 4 nitrogen and oxygen atoms in total. The monoisotopic (exact) mass is 286 g/mol. The van der Waals surface area contributed by atoms with E-state index in [1.807, 2.05) is 0 Å². The normalized spacial score (nSPS) is 22.9. The Bertz CT molecular complexity index is 444. The third-order valence-corrected chi connectivity index (χ3v) is 3.41. The fourth-order valence-electron chi connectivity index (χ4n) is 1.80. The molecular formula is C11H11BrO4. The van der Waals surface area contributed by atoms with Crippen LogP contribution < -0.4 is 4.74 Å². The highest BCUT2D eigenvalue weighted by Gasteiger charge is 2.44. The lowest BCUT2D eigenvalue weighted by Gasteiger charge is -2.08. The highest BCUT2D eigenvalue weighted by atomic mass is 79.9. The van der Waals surface area contributed by atoms with Crippen molar-refractivity contribution >= 4 is 21.9 Å². The van der Waals surface area contributed by atoms with Gasteiger partial charge in [-0.3, -0.25) is 4.79 Å². The Hall–Kier alpha value is -1.23. The minimum Gasteiger partial charge on any atom is -0.503 e. The zero-order valence-electron chi connectivity index (χ0n) is 8.61. The van der Waals surface area contributed by atoms with Crippen molar-refractivity contribution in [2.75, 3.05) is 7.11 Å². The number of carboxylic acid groups (broad SMARTS) is 1. The standard InChI is InChI=1S/C11H11BrO4/c1-16-9-3-5(2-8(12)10(9)13)6-4-7(6)11(14)15/h2-3,6-7,13H,4H2,1H3,(H,14,15). The fraction of sp³-hybridized carbons (Fsp3) is 0.364. The number of methoxy groups -OCH3 is 1. The molecule has 0 amide bonds. The molecule has 2 atom stereocenters. The first-order valence-corrected chi connectivity index (χ1v) is 5.63. The molecule has 16 heavy (non-hydrogen) atoms. The number of aromatic hydroxyl groups is 1. The molecule has 0 heterocycles. The minimum atomic E-state index is -0.770. The lowest BCUT2D eigenvalue weighted by Crippen LogP contribution is -1.99. The van der Waals surface area contributed by atoms with E-state index in [-0.39, 0.29) is 17.6 Å². The van der Waals surface area contributed by atoms with Crippen molar-refractivity contribution < 1.29 is 19.7 Å². The first-order chi connectivity index (χ1) is 7.54. The molecule has 0 radical (unpaired) electrons. The van der Waals surface area contributed by atoms with Gasteiger partial charge in [-0.1, -0.05) is 0 Å². The van der Waals surface area contributed by atoms with Crippen LogP contribution in [0, 0.1) is 5.92 Å². The summed E-state index contributed by atoms with van der Waals surface area (Å²) in [4.78, 5) is 10.8. The first kappa shape index (κ1) is 11.3. The second-order valence-corrected chi connectivity index (χ2v) is 4.69. The molecule has 2 N–H and O–H groups in total. The third kappa shape index (κ3) is 1.87. The molecule has 1 fully saturated rings. The average molecular weight is 287 g/mol. The number of hydrogen-bond donors (Lipinski definition) is 2. The van der Waals surface area contributed by atoms with Gasteiger partial charge in [0.05, 0.1) is 17.5 Å². The molecule has 1 aliphatic rings. The lowest BCUT2D eigenvalue weighted by atomic mass is 10.1. The van der Waals surface area contributed by atoms with Crippen LogP contribution in [0.5, 0.6) is 11.5 Å². The number of hydrogen-bond acceptors (Lipinski definition) is 3. The molecule has 0 bridgehead atoms. The summed E-state index contributed by atoms with van der Waals surface area (Å²) < 4.78 is 5.54. The number of rotatable bonds is 3. The van der Waals surface area contributed by atoms with Crippen LogP contribution in [0.3, 0.4) is 0 Å². The Labute approximate surface area is 101 Å². The molecular weight excluding hydrogens is 276 g/mol. The fourth-order valence-corrected chi connectivity index (χ4v) is 2.26. The van der Waals surface area contributed by atoms with Crippen LogP contribution in [0.2, 0.25) is 0 Å². The highest BCUT2D eigenvalue weighted by molar-refractivity contribution is 9.10. The second-order valence-electron chi connectivity index (χ2n) is 3.84. The summed E-state index contributed by atoms with van der Waals surface area (Å²) in [6, 6.07) is 3.43. The number of ether oxygens (including phenoxy) is 1. The van der Waals surface area contributed by atoms with Gasteiger partial charge in [0.25, 0.3) is 0 Å². The zero-order valence-corrected chi connectivity index (χ0v) is 10.2. The summed E-state index contributed by atoms with van der Waals surface area (Å²) in [5, 5.41) is 18.5. The predicted octanol–water partition coefficient (Wildman–Crippen LogP) is 2.35. The van der Waals surface area contributed by atoms with Crippen LogP contribution in [0.25, 0.3) is 0 Å². The summed E-state index contributed by atoms with van der Waals surface area (Å²) in [6.07, 6.45) is 0.649. The van der Waals surface area contributed by atoms with Crippen LogP contribution in [0.4, 0.5) is 0 Å². The van der Waals surface area contributed by atoms with Gasteiger partial charge < -0.3 is 14.9 Å². The summed E-state index contributed by atoms with van der Waals surface area (Å²) in [5.74, 6) is -0.642. The van der Waals surface area contributed by atoms with Gasteiger partial charge in [-0.25, -0.2) is 0 Å². The predicted molar refractivity (Wildman–Crippen MR) is 60.8 cm³/mol. The summed E-state index contributed by atoms with van der Waals surface area (Å²) in [7, 11) is 1.47. The van der Waals surface area contributed by atoms with Crippen LogP contribution in [0.1, 0.15) is 17.9 Å². The number of carboxylic acids is 1. The van der Waals surface area contributed by atoms with E-state index in [1.165, 1.54) is 7.11 Å². The molecule has 0 aliphatic heterocycles. The van der Waals surface area contributed by atoms with Crippen molar-refractivity contribution in [1.82, 2.24) is 0 Å². The Balaban J connectivity index is 2.30. The van der Waals surface area contributed by atoms with Gasteiger partial charge in [-0.15, -0.1) is 0 Å². The van der Waals surface area contributed by atoms with Crippen LogP contribution in [-0.4, -0.2) is 23.3 Å². The molecule has 0 aromatic heterocycles. The second kappa shape index (κ2) is 3.97. The Morgan fingerprint density at radius 3 is 2.75 bits per heavy atom. The molecule has 0 spiro atoms. The molecule has 2 rings (SSSR count). The lowest BCUT2D eigenvalue weighted by molar-refractivity contribution is -0.138. The number of phenolic OH excluding ortho intramolecular Hbond substituents is 1. The van der Waals surface area contributed by atoms with Crippen molar-refractivity contribution in [2.24, 2.45) is 5.92 Å². The van der Waals surface area contributed by atoms with Gasteiger partial charge in [0.15, 0.2) is 11.5 Å². The van der Waals surface area contributed by atoms with E-state index >= 15 is 0 Å². The van der Waals surface area contributed by atoms with E-state index in [9.17, 15) is 9.90 Å². The number of phenols is 1. The summed E-state index contributed by atoms with van der Waals surface area (Å²) >= 11 is 3.21. The van der Waals surface area contributed by atoms with E-state index in [1.54, 1.807) is 12.1 Å². The summed E-state index contributed by atoms with van der Waals surface area (Å²) in [5.41, 5.74) is 0.883.